The van der Waals surface area contributed by atoms with Crippen LogP contribution in [0.5, 0.6) is 0 Å². The van der Waals surface area contributed by atoms with Gasteiger partial charge in [0.05, 0.1) is 11.9 Å². The number of aromatic nitrogens is 2. The highest BCUT2D eigenvalue weighted by Crippen LogP contribution is 2.21. The minimum atomic E-state index is -0.845. The van der Waals surface area contributed by atoms with Gasteiger partial charge in [-0.15, -0.1) is 0 Å². The van der Waals surface area contributed by atoms with E-state index in [1.807, 2.05) is 18.3 Å². The van der Waals surface area contributed by atoms with E-state index in [0.29, 0.717) is 17.4 Å². The number of rotatable bonds is 3. The van der Waals surface area contributed by atoms with E-state index in [2.05, 4.69) is 20.9 Å². The predicted octanol–water partition coefficient (Wildman–Crippen LogP) is 2.77. The zero-order chi connectivity index (χ0) is 11.7. The fourth-order valence-corrected chi connectivity index (χ4v) is 2.06. The summed E-state index contributed by atoms with van der Waals surface area (Å²) in [6.45, 7) is 0. The van der Waals surface area contributed by atoms with E-state index in [9.17, 15) is 4.79 Å². The molecule has 84 valence electrons. The van der Waals surface area contributed by atoms with Crippen molar-refractivity contribution in [3.05, 3.63) is 33.8 Å². The van der Waals surface area contributed by atoms with Crippen molar-refractivity contribution in [3.8, 4) is 0 Å². The number of aryl methyl sites for hydroxylation is 1. The fraction of sp³-hybridized carbons (Fsp3) is 0.200. The van der Waals surface area contributed by atoms with Gasteiger partial charge in [-0.1, -0.05) is 11.6 Å². The summed E-state index contributed by atoms with van der Waals surface area (Å²) in [7, 11) is 0. The van der Waals surface area contributed by atoms with Crippen LogP contribution in [0, 0.1) is 0 Å². The highest BCUT2D eigenvalue weighted by atomic mass is 79.9. The van der Waals surface area contributed by atoms with E-state index in [1.54, 1.807) is 4.40 Å². The summed E-state index contributed by atoms with van der Waals surface area (Å²) in [6, 6.07) is 3.70. The lowest BCUT2D eigenvalue weighted by Gasteiger charge is -1.99. The number of aliphatic carboxylic acids is 1. The fourth-order valence-electron chi connectivity index (χ4n) is 1.48. The molecule has 0 spiro atoms. The van der Waals surface area contributed by atoms with Gasteiger partial charge in [-0.25, -0.2) is 4.98 Å². The third kappa shape index (κ3) is 2.20. The van der Waals surface area contributed by atoms with Gasteiger partial charge in [-0.2, -0.15) is 0 Å². The molecule has 0 bridgehead atoms. The zero-order valence-electron chi connectivity index (χ0n) is 8.15. The highest BCUT2D eigenvalue weighted by Gasteiger charge is 2.10. The predicted molar refractivity (Wildman–Crippen MR) is 63.9 cm³/mol. The Bertz CT molecular complexity index is 553. The summed E-state index contributed by atoms with van der Waals surface area (Å²) in [5, 5.41) is 9.03. The van der Waals surface area contributed by atoms with Crippen LogP contribution in [0.4, 0.5) is 0 Å². The molecule has 0 unspecified atom stereocenters. The van der Waals surface area contributed by atoms with E-state index >= 15 is 0 Å². The van der Waals surface area contributed by atoms with E-state index in [-0.39, 0.29) is 6.42 Å². The number of hydrogen-bond donors (Lipinski definition) is 1. The van der Waals surface area contributed by atoms with Crippen LogP contribution in [-0.4, -0.2) is 20.5 Å². The number of nitrogens with zero attached hydrogens (tertiary/aromatic N) is 2. The van der Waals surface area contributed by atoms with Crippen molar-refractivity contribution in [2.75, 3.05) is 0 Å². The Morgan fingerprint density at radius 3 is 3.00 bits per heavy atom. The second kappa shape index (κ2) is 4.43. The number of fused-ring (bicyclic) bond motifs is 1. The minimum absolute atomic E-state index is 0.0436. The molecular formula is C10H8BrClN2O2. The summed E-state index contributed by atoms with van der Waals surface area (Å²) in [5.74, 6) is -0.188. The third-order valence-corrected chi connectivity index (χ3v) is 2.94. The first-order valence-corrected chi connectivity index (χ1v) is 5.79. The molecule has 2 aromatic heterocycles. The second-order valence-electron chi connectivity index (χ2n) is 3.32. The van der Waals surface area contributed by atoms with Crippen molar-refractivity contribution in [1.29, 1.82) is 0 Å². The molecule has 0 aromatic carbocycles. The van der Waals surface area contributed by atoms with Crippen molar-refractivity contribution in [2.45, 2.75) is 12.8 Å². The van der Waals surface area contributed by atoms with Crippen LogP contribution in [-0.2, 0) is 11.2 Å². The largest absolute Gasteiger partial charge is 0.481 e. The maximum absolute atomic E-state index is 10.5. The van der Waals surface area contributed by atoms with E-state index < -0.39 is 5.97 Å². The van der Waals surface area contributed by atoms with Crippen LogP contribution in [0.2, 0.25) is 5.15 Å². The zero-order valence-corrected chi connectivity index (χ0v) is 10.5. The molecule has 0 saturated carbocycles. The normalized spacial score (nSPS) is 10.9. The van der Waals surface area contributed by atoms with Crippen LogP contribution in [0.1, 0.15) is 12.2 Å². The molecule has 4 nitrogen and oxygen atoms in total. The lowest BCUT2D eigenvalue weighted by molar-refractivity contribution is -0.137. The molecule has 0 aliphatic rings. The average Bonchev–Trinajstić information content (AvgIpc) is 2.52. The number of carbonyl (C=O) groups is 1. The van der Waals surface area contributed by atoms with E-state index in [1.165, 1.54) is 0 Å². The Balaban J connectivity index is 2.44. The third-order valence-electron chi connectivity index (χ3n) is 2.19. The number of carboxylic acid groups (broad SMARTS) is 1. The van der Waals surface area contributed by atoms with Crippen molar-refractivity contribution >= 4 is 39.0 Å². The molecule has 2 rings (SSSR count). The lowest BCUT2D eigenvalue weighted by Crippen LogP contribution is -2.01. The molecule has 1 N–H and O–H groups in total. The Labute approximate surface area is 105 Å². The Morgan fingerprint density at radius 1 is 1.56 bits per heavy atom. The summed E-state index contributed by atoms with van der Waals surface area (Å²) in [5.41, 5.74) is 0.783. The molecule has 6 heteroatoms. The van der Waals surface area contributed by atoms with Gasteiger partial charge < -0.3 is 9.51 Å². The molecule has 0 fully saturated rings. The van der Waals surface area contributed by atoms with Crippen molar-refractivity contribution in [2.24, 2.45) is 0 Å². The Kier molecular flexibility index (Phi) is 3.16. The summed E-state index contributed by atoms with van der Waals surface area (Å²) >= 11 is 9.30. The Hall–Kier alpha value is -1.07. The maximum atomic E-state index is 10.5. The molecule has 0 amide bonds. The molecule has 2 heterocycles. The smallest absolute Gasteiger partial charge is 0.303 e. The average molecular weight is 304 g/mol. The van der Waals surface area contributed by atoms with Gasteiger partial charge in [0, 0.05) is 17.1 Å². The van der Waals surface area contributed by atoms with Crippen LogP contribution in [0.25, 0.3) is 5.52 Å². The monoisotopic (exact) mass is 302 g/mol. The topological polar surface area (TPSA) is 54.6 Å². The molecule has 0 aliphatic heterocycles. The lowest BCUT2D eigenvalue weighted by atomic mass is 10.3. The number of pyridine rings is 1. The number of carboxylic acids is 1. The molecule has 2 aromatic rings. The van der Waals surface area contributed by atoms with Crippen LogP contribution >= 0.6 is 27.5 Å². The SMILES string of the molecule is O=C(O)CCc1nc(Cl)c2ccc(Br)cn12. The van der Waals surface area contributed by atoms with Gasteiger partial charge in [-0.05, 0) is 28.1 Å². The molecule has 0 atom stereocenters. The maximum Gasteiger partial charge on any atom is 0.303 e. The van der Waals surface area contributed by atoms with Crippen LogP contribution in [0.15, 0.2) is 22.8 Å². The van der Waals surface area contributed by atoms with E-state index in [0.717, 1.165) is 9.99 Å². The first-order chi connectivity index (χ1) is 7.58. The first kappa shape index (κ1) is 11.4. The van der Waals surface area contributed by atoms with Crippen molar-refractivity contribution < 1.29 is 9.90 Å². The Morgan fingerprint density at radius 2 is 2.31 bits per heavy atom. The van der Waals surface area contributed by atoms with Gasteiger partial charge in [0.1, 0.15) is 5.82 Å². The van der Waals surface area contributed by atoms with Gasteiger partial charge >= 0.3 is 5.97 Å². The van der Waals surface area contributed by atoms with E-state index in [4.69, 9.17) is 16.7 Å². The minimum Gasteiger partial charge on any atom is -0.481 e. The molecule has 0 saturated heterocycles. The molecule has 0 aliphatic carbocycles. The van der Waals surface area contributed by atoms with Crippen molar-refractivity contribution in [1.82, 2.24) is 9.38 Å². The highest BCUT2D eigenvalue weighted by molar-refractivity contribution is 9.10. The molecule has 16 heavy (non-hydrogen) atoms. The van der Waals surface area contributed by atoms with Gasteiger partial charge in [0.25, 0.3) is 0 Å². The van der Waals surface area contributed by atoms with Gasteiger partial charge in [0.15, 0.2) is 5.15 Å². The van der Waals surface area contributed by atoms with Gasteiger partial charge in [-0.3, -0.25) is 4.79 Å². The van der Waals surface area contributed by atoms with Crippen LogP contribution < -0.4 is 0 Å². The summed E-state index contributed by atoms with van der Waals surface area (Å²) in [4.78, 5) is 14.7. The quantitative estimate of drug-likeness (QED) is 0.948. The number of halogens is 2. The van der Waals surface area contributed by atoms with Crippen molar-refractivity contribution in [3.63, 3.8) is 0 Å². The molecular weight excluding hydrogens is 295 g/mol. The standard InChI is InChI=1S/C10H8BrClN2O2/c11-6-1-2-7-10(12)13-8(14(7)5-6)3-4-9(15)16/h1-2,5H,3-4H2,(H,15,16). The summed E-state index contributed by atoms with van der Waals surface area (Å²) in [6.07, 6.45) is 2.23. The first-order valence-electron chi connectivity index (χ1n) is 4.61. The number of imidazole rings is 1. The van der Waals surface area contributed by atoms with Crippen LogP contribution in [0.3, 0.4) is 0 Å². The molecule has 0 radical (unpaired) electrons. The second-order valence-corrected chi connectivity index (χ2v) is 4.59. The summed E-state index contributed by atoms with van der Waals surface area (Å²) < 4.78 is 2.70. The van der Waals surface area contributed by atoms with Gasteiger partial charge in [0.2, 0.25) is 0 Å². The number of hydrogen-bond acceptors (Lipinski definition) is 2.